The summed E-state index contributed by atoms with van der Waals surface area (Å²) in [6.07, 6.45) is 1.96. The van der Waals surface area contributed by atoms with Gasteiger partial charge < -0.3 is 16.4 Å². The van der Waals surface area contributed by atoms with Crippen molar-refractivity contribution in [2.24, 2.45) is 5.73 Å². The van der Waals surface area contributed by atoms with Crippen molar-refractivity contribution in [1.82, 2.24) is 4.90 Å². The summed E-state index contributed by atoms with van der Waals surface area (Å²) in [6, 6.07) is 7.95. The summed E-state index contributed by atoms with van der Waals surface area (Å²) < 4.78 is 1.06. The summed E-state index contributed by atoms with van der Waals surface area (Å²) in [4.78, 5) is 15.0. The van der Waals surface area contributed by atoms with Crippen LogP contribution in [0.1, 0.15) is 22.5 Å². The Bertz CT molecular complexity index is 622. The number of amides is 1. The topological polar surface area (TPSA) is 72.4 Å². The molecule has 1 aliphatic rings. The van der Waals surface area contributed by atoms with Crippen molar-refractivity contribution >= 4 is 33.0 Å². The van der Waals surface area contributed by atoms with Gasteiger partial charge in [0.2, 0.25) is 0 Å². The predicted octanol–water partition coefficient (Wildman–Crippen LogP) is 2.05. The van der Waals surface area contributed by atoms with E-state index in [0.29, 0.717) is 17.1 Å². The molecule has 0 saturated carbocycles. The van der Waals surface area contributed by atoms with Gasteiger partial charge in [-0.05, 0) is 18.9 Å². The summed E-state index contributed by atoms with van der Waals surface area (Å²) in [5, 5.41) is 0.970. The van der Waals surface area contributed by atoms with Crippen molar-refractivity contribution in [2.45, 2.75) is 18.9 Å². The average Bonchev–Trinajstić information content (AvgIpc) is 2.76. The molecular weight excluding hydrogens is 258 g/mol. The van der Waals surface area contributed by atoms with Gasteiger partial charge in [0.05, 0.1) is 5.69 Å². The summed E-state index contributed by atoms with van der Waals surface area (Å²) in [5.74, 6) is 0.0221. The van der Waals surface area contributed by atoms with Gasteiger partial charge >= 0.3 is 0 Å². The van der Waals surface area contributed by atoms with Crippen LogP contribution < -0.4 is 11.5 Å². The Kier molecular flexibility index (Phi) is 3.16. The molecule has 2 aromatic rings. The van der Waals surface area contributed by atoms with Crippen LogP contribution in [0, 0.1) is 0 Å². The van der Waals surface area contributed by atoms with Crippen LogP contribution in [-0.4, -0.2) is 29.9 Å². The zero-order chi connectivity index (χ0) is 13.4. The van der Waals surface area contributed by atoms with Gasteiger partial charge in [-0.2, -0.15) is 0 Å². The Balaban J connectivity index is 1.95. The molecule has 1 amide bonds. The molecule has 1 aromatic heterocycles. The second kappa shape index (κ2) is 4.83. The second-order valence-electron chi connectivity index (χ2n) is 4.99. The van der Waals surface area contributed by atoms with E-state index in [1.807, 2.05) is 29.2 Å². The van der Waals surface area contributed by atoms with Gasteiger partial charge in [0.25, 0.3) is 5.91 Å². The number of nitrogens with two attached hydrogens (primary N) is 2. The number of hydrogen-bond donors (Lipinski definition) is 2. The molecule has 1 aromatic carbocycles. The van der Waals surface area contributed by atoms with E-state index in [-0.39, 0.29) is 11.9 Å². The maximum atomic E-state index is 12.5. The minimum Gasteiger partial charge on any atom is -0.397 e. The SMILES string of the molecule is Nc1c(C(=O)N2CCCC(N)C2)sc2ccccc12. The number of fused-ring (bicyclic) bond motifs is 1. The molecule has 1 unspecified atom stereocenters. The van der Waals surface area contributed by atoms with Crippen molar-refractivity contribution < 1.29 is 4.79 Å². The zero-order valence-electron chi connectivity index (χ0n) is 10.6. The van der Waals surface area contributed by atoms with E-state index in [9.17, 15) is 4.79 Å². The number of carbonyl (C=O) groups excluding carboxylic acids is 1. The second-order valence-corrected chi connectivity index (χ2v) is 6.05. The molecule has 0 aliphatic carbocycles. The number of nitrogens with zero attached hydrogens (tertiary/aromatic N) is 1. The zero-order valence-corrected chi connectivity index (χ0v) is 11.5. The van der Waals surface area contributed by atoms with Crippen LogP contribution in [0.2, 0.25) is 0 Å². The molecule has 2 heterocycles. The summed E-state index contributed by atoms with van der Waals surface area (Å²) in [5.41, 5.74) is 12.6. The van der Waals surface area contributed by atoms with Crippen LogP contribution in [0.15, 0.2) is 24.3 Å². The number of anilines is 1. The van der Waals surface area contributed by atoms with Gasteiger partial charge in [-0.1, -0.05) is 18.2 Å². The first-order valence-corrected chi connectivity index (χ1v) is 7.30. The minimum atomic E-state index is 0.0221. The first-order chi connectivity index (χ1) is 9.16. The molecule has 4 nitrogen and oxygen atoms in total. The number of likely N-dealkylation sites (tertiary alicyclic amines) is 1. The lowest BCUT2D eigenvalue weighted by atomic mass is 10.1. The highest BCUT2D eigenvalue weighted by Gasteiger charge is 2.25. The first kappa shape index (κ1) is 12.4. The fourth-order valence-corrected chi connectivity index (χ4v) is 3.65. The average molecular weight is 275 g/mol. The van der Waals surface area contributed by atoms with Crippen molar-refractivity contribution in [2.75, 3.05) is 18.8 Å². The fourth-order valence-electron chi connectivity index (χ4n) is 2.56. The van der Waals surface area contributed by atoms with Gasteiger partial charge in [0, 0.05) is 29.2 Å². The molecule has 19 heavy (non-hydrogen) atoms. The summed E-state index contributed by atoms with van der Waals surface area (Å²) in [7, 11) is 0. The third kappa shape index (κ3) is 2.19. The quantitative estimate of drug-likeness (QED) is 0.836. The van der Waals surface area contributed by atoms with Gasteiger partial charge in [-0.25, -0.2) is 0 Å². The predicted molar refractivity (Wildman–Crippen MR) is 79.4 cm³/mol. The number of nitrogen functional groups attached to an aromatic ring is 1. The third-order valence-corrected chi connectivity index (χ3v) is 4.75. The smallest absolute Gasteiger partial charge is 0.266 e. The molecule has 0 bridgehead atoms. The van der Waals surface area contributed by atoms with Gasteiger partial charge in [-0.3, -0.25) is 4.79 Å². The molecule has 5 heteroatoms. The maximum Gasteiger partial charge on any atom is 0.266 e. The lowest BCUT2D eigenvalue weighted by molar-refractivity contribution is 0.0715. The van der Waals surface area contributed by atoms with E-state index < -0.39 is 0 Å². The largest absolute Gasteiger partial charge is 0.397 e. The summed E-state index contributed by atoms with van der Waals surface area (Å²) >= 11 is 1.47. The first-order valence-electron chi connectivity index (χ1n) is 6.48. The molecule has 1 saturated heterocycles. The van der Waals surface area contributed by atoms with E-state index in [4.69, 9.17) is 11.5 Å². The van der Waals surface area contributed by atoms with Gasteiger partial charge in [0.15, 0.2) is 0 Å². The normalized spacial score (nSPS) is 19.8. The number of rotatable bonds is 1. The maximum absolute atomic E-state index is 12.5. The van der Waals surface area contributed by atoms with Crippen LogP contribution >= 0.6 is 11.3 Å². The lowest BCUT2D eigenvalue weighted by Crippen LogP contribution is -2.45. The van der Waals surface area contributed by atoms with Crippen molar-refractivity contribution in [1.29, 1.82) is 0 Å². The lowest BCUT2D eigenvalue weighted by Gasteiger charge is -2.30. The minimum absolute atomic E-state index is 0.0221. The molecule has 4 N–H and O–H groups in total. The molecule has 0 spiro atoms. The molecule has 0 radical (unpaired) electrons. The van der Waals surface area contributed by atoms with Crippen LogP contribution in [0.25, 0.3) is 10.1 Å². The molecular formula is C14H17N3OS. The fraction of sp³-hybridized carbons (Fsp3) is 0.357. The van der Waals surface area contributed by atoms with Crippen LogP contribution in [-0.2, 0) is 0 Å². The molecule has 100 valence electrons. The van der Waals surface area contributed by atoms with Crippen LogP contribution in [0.4, 0.5) is 5.69 Å². The number of hydrogen-bond acceptors (Lipinski definition) is 4. The van der Waals surface area contributed by atoms with Gasteiger partial charge in [0.1, 0.15) is 4.88 Å². The molecule has 3 rings (SSSR count). The summed E-state index contributed by atoms with van der Waals surface area (Å²) in [6.45, 7) is 1.41. The van der Waals surface area contributed by atoms with E-state index in [1.54, 1.807) is 0 Å². The Morgan fingerprint density at radius 2 is 2.16 bits per heavy atom. The third-order valence-electron chi connectivity index (χ3n) is 3.57. The van der Waals surface area contributed by atoms with E-state index in [0.717, 1.165) is 29.5 Å². The highest BCUT2D eigenvalue weighted by Crippen LogP contribution is 2.34. The number of carbonyl (C=O) groups is 1. The number of piperidine rings is 1. The van der Waals surface area contributed by atoms with E-state index in [1.165, 1.54) is 11.3 Å². The molecule has 1 fully saturated rings. The van der Waals surface area contributed by atoms with Gasteiger partial charge in [-0.15, -0.1) is 11.3 Å². The van der Waals surface area contributed by atoms with E-state index in [2.05, 4.69) is 0 Å². The molecule has 1 atom stereocenters. The number of benzene rings is 1. The van der Waals surface area contributed by atoms with Crippen molar-refractivity contribution in [3.63, 3.8) is 0 Å². The Hall–Kier alpha value is -1.59. The van der Waals surface area contributed by atoms with Crippen molar-refractivity contribution in [3.8, 4) is 0 Å². The Morgan fingerprint density at radius 3 is 2.89 bits per heavy atom. The Labute approximate surface area is 116 Å². The van der Waals surface area contributed by atoms with E-state index >= 15 is 0 Å². The van der Waals surface area contributed by atoms with Crippen molar-refractivity contribution in [3.05, 3.63) is 29.1 Å². The number of thiophene rings is 1. The standard InChI is InChI=1S/C14H17N3OS/c15-9-4-3-7-17(8-9)14(18)13-12(16)10-5-1-2-6-11(10)19-13/h1-2,5-6,9H,3-4,7-8,15-16H2. The highest BCUT2D eigenvalue weighted by atomic mass is 32.1. The highest BCUT2D eigenvalue weighted by molar-refractivity contribution is 7.21. The Morgan fingerprint density at radius 1 is 1.37 bits per heavy atom. The molecule has 1 aliphatic heterocycles. The van der Waals surface area contributed by atoms with Crippen LogP contribution in [0.3, 0.4) is 0 Å². The monoisotopic (exact) mass is 275 g/mol. The van der Waals surface area contributed by atoms with Crippen LogP contribution in [0.5, 0.6) is 0 Å².